The van der Waals surface area contributed by atoms with Gasteiger partial charge in [0.15, 0.2) is 0 Å². The van der Waals surface area contributed by atoms with Gasteiger partial charge >= 0.3 is 0 Å². The van der Waals surface area contributed by atoms with Crippen molar-refractivity contribution in [3.8, 4) is 0 Å². The highest BCUT2D eigenvalue weighted by Crippen LogP contribution is 2.18. The van der Waals surface area contributed by atoms with E-state index in [0.717, 1.165) is 17.3 Å². The second-order valence-electron chi connectivity index (χ2n) is 1.64. The van der Waals surface area contributed by atoms with E-state index < -0.39 is 0 Å². The summed E-state index contributed by atoms with van der Waals surface area (Å²) in [6.07, 6.45) is 3.83. The van der Waals surface area contributed by atoms with E-state index in [1.807, 2.05) is 6.21 Å². The number of halogens is 1. The zero-order valence-electron chi connectivity index (χ0n) is 4.39. The van der Waals surface area contributed by atoms with E-state index in [1.165, 1.54) is 0 Å². The van der Waals surface area contributed by atoms with Crippen molar-refractivity contribution in [2.45, 2.75) is 12.8 Å². The molecule has 0 aromatic carbocycles. The summed E-state index contributed by atoms with van der Waals surface area (Å²) in [5, 5.41) is 0. The van der Waals surface area contributed by atoms with Crippen LogP contribution in [0.25, 0.3) is 0 Å². The molecule has 8 heavy (non-hydrogen) atoms. The Morgan fingerprint density at radius 3 is 2.88 bits per heavy atom. The van der Waals surface area contributed by atoms with Crippen molar-refractivity contribution in [2.24, 2.45) is 10.7 Å². The van der Waals surface area contributed by atoms with Crippen molar-refractivity contribution in [3.63, 3.8) is 0 Å². The van der Waals surface area contributed by atoms with Crippen LogP contribution in [0.4, 0.5) is 0 Å². The molecule has 0 unspecified atom stereocenters. The average Bonchev–Trinajstić information content (AvgIpc) is 1.77. The van der Waals surface area contributed by atoms with Crippen LogP contribution in [0.3, 0.4) is 0 Å². The molecule has 0 bridgehead atoms. The molecule has 0 saturated carbocycles. The first kappa shape index (κ1) is 5.82. The second-order valence-corrected chi connectivity index (χ2v) is 2.60. The number of allylic oxidation sites excluding steroid dienone is 1. The number of nitrogens with zero attached hydrogens (tertiary/aromatic N) is 1. The summed E-state index contributed by atoms with van der Waals surface area (Å²) in [5.74, 6) is 0.622. The molecule has 1 heterocycles. The van der Waals surface area contributed by atoms with Crippen LogP contribution in [-0.2, 0) is 0 Å². The Morgan fingerprint density at radius 1 is 1.75 bits per heavy atom. The van der Waals surface area contributed by atoms with E-state index in [2.05, 4.69) is 20.9 Å². The third-order valence-corrected chi connectivity index (χ3v) is 1.80. The zero-order valence-corrected chi connectivity index (χ0v) is 5.98. The first-order valence-corrected chi connectivity index (χ1v) is 3.26. The van der Waals surface area contributed by atoms with Gasteiger partial charge in [-0.2, -0.15) is 0 Å². The molecular weight excluding hydrogens is 168 g/mol. The Hall–Kier alpha value is -0.310. The molecule has 2 N–H and O–H groups in total. The molecule has 2 nitrogen and oxygen atoms in total. The second kappa shape index (κ2) is 2.31. The standard InChI is InChI=1S/C5H7BrN2/c6-4-2-1-3-8-5(4)7/h3H,1-2,7H2. The minimum absolute atomic E-state index is 0.622. The van der Waals surface area contributed by atoms with Crippen LogP contribution in [0.2, 0.25) is 0 Å². The first-order chi connectivity index (χ1) is 3.80. The monoisotopic (exact) mass is 174 g/mol. The summed E-state index contributed by atoms with van der Waals surface area (Å²) in [7, 11) is 0. The van der Waals surface area contributed by atoms with Crippen LogP contribution in [0, 0.1) is 0 Å². The summed E-state index contributed by atoms with van der Waals surface area (Å²) in [5.41, 5.74) is 5.41. The van der Waals surface area contributed by atoms with Gasteiger partial charge in [-0.1, -0.05) is 15.9 Å². The van der Waals surface area contributed by atoms with Gasteiger partial charge in [-0.05, 0) is 12.8 Å². The molecule has 0 aromatic rings. The fraction of sp³-hybridized carbons (Fsp3) is 0.400. The predicted octanol–water partition coefficient (Wildman–Crippen LogP) is 1.37. The Kier molecular flexibility index (Phi) is 1.68. The van der Waals surface area contributed by atoms with Gasteiger partial charge in [0.1, 0.15) is 5.82 Å². The lowest BCUT2D eigenvalue weighted by molar-refractivity contribution is 1.02. The van der Waals surface area contributed by atoms with E-state index in [1.54, 1.807) is 0 Å². The van der Waals surface area contributed by atoms with Crippen LogP contribution in [-0.4, -0.2) is 6.21 Å². The van der Waals surface area contributed by atoms with Gasteiger partial charge in [-0.25, -0.2) is 4.99 Å². The minimum Gasteiger partial charge on any atom is -0.383 e. The molecule has 0 atom stereocenters. The van der Waals surface area contributed by atoms with E-state index in [0.29, 0.717) is 5.82 Å². The molecule has 0 saturated heterocycles. The highest BCUT2D eigenvalue weighted by Gasteiger charge is 2.00. The van der Waals surface area contributed by atoms with E-state index >= 15 is 0 Å². The van der Waals surface area contributed by atoms with Crippen molar-refractivity contribution in [1.82, 2.24) is 0 Å². The number of hydrogen-bond acceptors (Lipinski definition) is 2. The van der Waals surface area contributed by atoms with Crippen molar-refractivity contribution in [3.05, 3.63) is 10.3 Å². The minimum atomic E-state index is 0.622. The third-order valence-electron chi connectivity index (χ3n) is 1.00. The Bertz CT molecular complexity index is 149. The topological polar surface area (TPSA) is 38.4 Å². The molecule has 1 aliphatic rings. The largest absolute Gasteiger partial charge is 0.383 e. The lowest BCUT2D eigenvalue weighted by Gasteiger charge is -2.03. The van der Waals surface area contributed by atoms with Crippen LogP contribution in [0.5, 0.6) is 0 Å². The molecule has 0 amide bonds. The van der Waals surface area contributed by atoms with Gasteiger partial charge in [0, 0.05) is 10.7 Å². The number of hydrogen-bond donors (Lipinski definition) is 1. The summed E-state index contributed by atoms with van der Waals surface area (Å²) in [6.45, 7) is 0. The lowest BCUT2D eigenvalue weighted by atomic mass is 10.3. The molecule has 3 heteroatoms. The smallest absolute Gasteiger partial charge is 0.133 e. The summed E-state index contributed by atoms with van der Waals surface area (Å²) < 4.78 is 1.03. The van der Waals surface area contributed by atoms with Crippen LogP contribution in [0.15, 0.2) is 15.3 Å². The van der Waals surface area contributed by atoms with E-state index in [9.17, 15) is 0 Å². The molecule has 1 rings (SSSR count). The van der Waals surface area contributed by atoms with E-state index in [-0.39, 0.29) is 0 Å². The van der Waals surface area contributed by atoms with Gasteiger partial charge in [0.25, 0.3) is 0 Å². The number of nitrogens with two attached hydrogens (primary N) is 1. The summed E-state index contributed by atoms with van der Waals surface area (Å²) in [4.78, 5) is 3.90. The van der Waals surface area contributed by atoms with Crippen molar-refractivity contribution in [1.29, 1.82) is 0 Å². The zero-order chi connectivity index (χ0) is 5.98. The van der Waals surface area contributed by atoms with Crippen molar-refractivity contribution >= 4 is 22.1 Å². The van der Waals surface area contributed by atoms with Crippen LogP contribution >= 0.6 is 15.9 Å². The summed E-state index contributed by atoms with van der Waals surface area (Å²) >= 11 is 3.29. The molecule has 1 aliphatic heterocycles. The van der Waals surface area contributed by atoms with Crippen molar-refractivity contribution < 1.29 is 0 Å². The molecule has 44 valence electrons. The molecule has 0 fully saturated rings. The maximum absolute atomic E-state index is 5.41. The maximum Gasteiger partial charge on any atom is 0.133 e. The normalized spacial score (nSPS) is 19.6. The Morgan fingerprint density at radius 2 is 2.50 bits per heavy atom. The van der Waals surface area contributed by atoms with Crippen LogP contribution < -0.4 is 5.73 Å². The number of rotatable bonds is 0. The number of aliphatic imine (C=N–C) groups is 1. The predicted molar refractivity (Wildman–Crippen MR) is 37.9 cm³/mol. The molecule has 0 radical (unpaired) electrons. The maximum atomic E-state index is 5.41. The fourth-order valence-corrected chi connectivity index (χ4v) is 0.884. The summed E-state index contributed by atoms with van der Waals surface area (Å²) in [6, 6.07) is 0. The van der Waals surface area contributed by atoms with Gasteiger partial charge in [-0.15, -0.1) is 0 Å². The van der Waals surface area contributed by atoms with Gasteiger partial charge < -0.3 is 5.73 Å². The van der Waals surface area contributed by atoms with Gasteiger partial charge in [0.05, 0.1) is 0 Å². The first-order valence-electron chi connectivity index (χ1n) is 2.47. The van der Waals surface area contributed by atoms with Gasteiger partial charge in [-0.3, -0.25) is 0 Å². The van der Waals surface area contributed by atoms with E-state index in [4.69, 9.17) is 5.73 Å². The van der Waals surface area contributed by atoms with Crippen LogP contribution in [0.1, 0.15) is 12.8 Å². The average molecular weight is 175 g/mol. The van der Waals surface area contributed by atoms with Crippen molar-refractivity contribution in [2.75, 3.05) is 0 Å². The molecule has 0 aliphatic carbocycles. The molecule has 0 spiro atoms. The highest BCUT2D eigenvalue weighted by atomic mass is 79.9. The quantitative estimate of drug-likeness (QED) is 0.593. The van der Waals surface area contributed by atoms with Gasteiger partial charge in [0.2, 0.25) is 0 Å². The third kappa shape index (κ3) is 1.10. The highest BCUT2D eigenvalue weighted by molar-refractivity contribution is 9.11. The fourth-order valence-electron chi connectivity index (χ4n) is 0.552. The Labute approximate surface area is 56.6 Å². The lowest BCUT2D eigenvalue weighted by Crippen LogP contribution is -2.00. The molecule has 0 aromatic heterocycles. The molecular formula is C5H7BrN2. The Balaban J connectivity index is 2.76. The SMILES string of the molecule is NC1=C(Br)CCC=N1.